The van der Waals surface area contributed by atoms with Crippen LogP contribution >= 0.6 is 12.2 Å². The molecule has 2 N–H and O–H groups in total. The number of thiocarbonyl (C=S) groups is 1. The summed E-state index contributed by atoms with van der Waals surface area (Å²) in [6.07, 6.45) is 7.59. The van der Waals surface area contributed by atoms with E-state index in [2.05, 4.69) is 4.90 Å². The Kier molecular flexibility index (Phi) is 6.92. The average molecular weight is 244 g/mol. The molecule has 0 amide bonds. The highest BCUT2D eigenvalue weighted by Gasteiger charge is 2.20. The third kappa shape index (κ3) is 5.23. The minimum Gasteiger partial charge on any atom is -0.393 e. The molecule has 0 heterocycles. The first-order valence-corrected chi connectivity index (χ1v) is 6.66. The Labute approximate surface area is 104 Å². The third-order valence-corrected chi connectivity index (χ3v) is 3.52. The summed E-state index contributed by atoms with van der Waals surface area (Å²) in [5, 5.41) is 0. The van der Waals surface area contributed by atoms with Gasteiger partial charge in [-0.2, -0.15) is 0 Å². The maximum Gasteiger partial charge on any atom is 0.0740 e. The molecule has 0 saturated heterocycles. The van der Waals surface area contributed by atoms with E-state index < -0.39 is 0 Å². The van der Waals surface area contributed by atoms with Crippen LogP contribution < -0.4 is 5.73 Å². The van der Waals surface area contributed by atoms with Crippen molar-refractivity contribution in [1.29, 1.82) is 0 Å². The highest BCUT2D eigenvalue weighted by atomic mass is 32.1. The lowest BCUT2D eigenvalue weighted by molar-refractivity contribution is 0.104. The van der Waals surface area contributed by atoms with Crippen molar-refractivity contribution in [2.24, 2.45) is 5.73 Å². The Morgan fingerprint density at radius 2 is 2.00 bits per heavy atom. The van der Waals surface area contributed by atoms with Gasteiger partial charge in [0.05, 0.1) is 11.6 Å². The van der Waals surface area contributed by atoms with Crippen molar-refractivity contribution in [2.75, 3.05) is 26.8 Å². The van der Waals surface area contributed by atoms with Gasteiger partial charge in [0.15, 0.2) is 0 Å². The molecule has 0 aromatic heterocycles. The summed E-state index contributed by atoms with van der Waals surface area (Å²) in [5.41, 5.74) is 5.57. The van der Waals surface area contributed by atoms with E-state index >= 15 is 0 Å². The van der Waals surface area contributed by atoms with Crippen LogP contribution in [0, 0.1) is 0 Å². The lowest BCUT2D eigenvalue weighted by Crippen LogP contribution is -2.40. The molecule has 1 aliphatic carbocycles. The first kappa shape index (κ1) is 13.9. The number of nitrogens with two attached hydrogens (primary N) is 1. The molecule has 0 aromatic rings. The highest BCUT2D eigenvalue weighted by molar-refractivity contribution is 7.80. The molecule has 1 saturated carbocycles. The molecule has 3 nitrogen and oxygen atoms in total. The third-order valence-electron chi connectivity index (χ3n) is 3.32. The van der Waals surface area contributed by atoms with Crippen molar-refractivity contribution >= 4 is 17.2 Å². The topological polar surface area (TPSA) is 38.5 Å². The van der Waals surface area contributed by atoms with Crippen LogP contribution in [-0.2, 0) is 4.74 Å². The van der Waals surface area contributed by atoms with Crippen molar-refractivity contribution in [3.05, 3.63) is 0 Å². The molecule has 1 aliphatic rings. The van der Waals surface area contributed by atoms with E-state index in [1.165, 1.54) is 32.1 Å². The molecule has 0 aliphatic heterocycles. The minimum absolute atomic E-state index is 0.623. The number of hydrogen-bond acceptors (Lipinski definition) is 3. The second-order valence-corrected chi connectivity index (χ2v) is 5.06. The lowest BCUT2D eigenvalue weighted by atomic mass is 9.94. The smallest absolute Gasteiger partial charge is 0.0740 e. The van der Waals surface area contributed by atoms with Gasteiger partial charge < -0.3 is 10.5 Å². The van der Waals surface area contributed by atoms with Gasteiger partial charge >= 0.3 is 0 Å². The Morgan fingerprint density at radius 1 is 1.31 bits per heavy atom. The number of hydrogen-bond donors (Lipinski definition) is 1. The van der Waals surface area contributed by atoms with Gasteiger partial charge in [-0.3, -0.25) is 4.90 Å². The zero-order valence-corrected chi connectivity index (χ0v) is 11.1. The molecule has 16 heavy (non-hydrogen) atoms. The predicted molar refractivity (Wildman–Crippen MR) is 71.7 cm³/mol. The lowest BCUT2D eigenvalue weighted by Gasteiger charge is -2.34. The molecule has 0 unspecified atom stereocenters. The maximum absolute atomic E-state index is 5.57. The van der Waals surface area contributed by atoms with Crippen LogP contribution in [0.2, 0.25) is 0 Å². The van der Waals surface area contributed by atoms with Gasteiger partial charge in [0.1, 0.15) is 0 Å². The standard InChI is InChI=1S/C12H24N2OS/c1-15-10-9-14(8-7-12(13)16)11-5-3-2-4-6-11/h11H,2-10H2,1H3,(H2,13,16). The highest BCUT2D eigenvalue weighted by Crippen LogP contribution is 2.22. The average Bonchev–Trinajstić information content (AvgIpc) is 2.30. The van der Waals surface area contributed by atoms with E-state index in [1.807, 2.05) is 0 Å². The van der Waals surface area contributed by atoms with Gasteiger partial charge in [0.2, 0.25) is 0 Å². The molecule has 0 spiro atoms. The monoisotopic (exact) mass is 244 g/mol. The zero-order chi connectivity index (χ0) is 11.8. The van der Waals surface area contributed by atoms with E-state index in [1.54, 1.807) is 7.11 Å². The van der Waals surface area contributed by atoms with Crippen LogP contribution in [0.5, 0.6) is 0 Å². The number of methoxy groups -OCH3 is 1. The molecule has 0 aromatic carbocycles. The number of nitrogens with zero attached hydrogens (tertiary/aromatic N) is 1. The summed E-state index contributed by atoms with van der Waals surface area (Å²) in [6, 6.07) is 0.721. The second-order valence-electron chi connectivity index (χ2n) is 4.54. The van der Waals surface area contributed by atoms with E-state index in [9.17, 15) is 0 Å². The summed E-state index contributed by atoms with van der Waals surface area (Å²) < 4.78 is 5.16. The molecule has 0 radical (unpaired) electrons. The van der Waals surface area contributed by atoms with Crippen molar-refractivity contribution < 1.29 is 4.74 Å². The van der Waals surface area contributed by atoms with Crippen LogP contribution in [0.4, 0.5) is 0 Å². The summed E-state index contributed by atoms with van der Waals surface area (Å²) in [4.78, 5) is 3.13. The Bertz CT molecular complexity index is 205. The van der Waals surface area contributed by atoms with E-state index in [-0.39, 0.29) is 0 Å². The minimum atomic E-state index is 0.623. The zero-order valence-electron chi connectivity index (χ0n) is 10.3. The first-order chi connectivity index (χ1) is 7.74. The number of rotatable bonds is 7. The summed E-state index contributed by atoms with van der Waals surface area (Å²) in [6.45, 7) is 2.79. The molecular weight excluding hydrogens is 220 g/mol. The van der Waals surface area contributed by atoms with Gasteiger partial charge in [-0.25, -0.2) is 0 Å². The van der Waals surface area contributed by atoms with E-state index in [4.69, 9.17) is 22.7 Å². The van der Waals surface area contributed by atoms with Crippen LogP contribution in [0.1, 0.15) is 38.5 Å². The van der Waals surface area contributed by atoms with E-state index in [0.717, 1.165) is 32.2 Å². The molecular formula is C12H24N2OS. The molecule has 94 valence electrons. The van der Waals surface area contributed by atoms with Crippen molar-refractivity contribution in [2.45, 2.75) is 44.6 Å². The van der Waals surface area contributed by atoms with Crippen molar-refractivity contribution in [1.82, 2.24) is 4.90 Å². The van der Waals surface area contributed by atoms with E-state index in [0.29, 0.717) is 4.99 Å². The van der Waals surface area contributed by atoms with Gasteiger partial charge in [-0.05, 0) is 12.8 Å². The van der Waals surface area contributed by atoms with Gasteiger partial charge in [0.25, 0.3) is 0 Å². The van der Waals surface area contributed by atoms with Crippen LogP contribution in [0.25, 0.3) is 0 Å². The molecule has 0 atom stereocenters. The fourth-order valence-corrected chi connectivity index (χ4v) is 2.48. The molecule has 0 bridgehead atoms. The summed E-state index contributed by atoms with van der Waals surface area (Å²) in [5.74, 6) is 0. The van der Waals surface area contributed by atoms with Gasteiger partial charge in [-0.15, -0.1) is 0 Å². The maximum atomic E-state index is 5.57. The fourth-order valence-electron chi connectivity index (χ4n) is 2.39. The largest absolute Gasteiger partial charge is 0.393 e. The fraction of sp³-hybridized carbons (Fsp3) is 0.917. The SMILES string of the molecule is COCCN(CCC(N)=S)C1CCCCC1. The number of ether oxygens (including phenoxy) is 1. The molecule has 1 fully saturated rings. The van der Waals surface area contributed by atoms with Gasteiger partial charge in [0, 0.05) is 32.7 Å². The first-order valence-electron chi connectivity index (χ1n) is 6.25. The normalized spacial score (nSPS) is 17.9. The van der Waals surface area contributed by atoms with Crippen LogP contribution in [0.15, 0.2) is 0 Å². The molecule has 4 heteroatoms. The Hall–Kier alpha value is -0.190. The van der Waals surface area contributed by atoms with Crippen LogP contribution in [-0.4, -0.2) is 42.7 Å². The summed E-state index contributed by atoms with van der Waals surface area (Å²) >= 11 is 4.95. The second kappa shape index (κ2) is 7.98. The Balaban J connectivity index is 2.37. The van der Waals surface area contributed by atoms with Gasteiger partial charge in [-0.1, -0.05) is 31.5 Å². The van der Waals surface area contributed by atoms with Crippen molar-refractivity contribution in [3.8, 4) is 0 Å². The van der Waals surface area contributed by atoms with Crippen LogP contribution in [0.3, 0.4) is 0 Å². The quantitative estimate of drug-likeness (QED) is 0.695. The van der Waals surface area contributed by atoms with Crippen molar-refractivity contribution in [3.63, 3.8) is 0 Å². The predicted octanol–water partition coefficient (Wildman–Crippen LogP) is 1.94. The Morgan fingerprint density at radius 3 is 2.56 bits per heavy atom. The summed E-state index contributed by atoms with van der Waals surface area (Å²) in [7, 11) is 1.76. The molecule has 1 rings (SSSR count).